The Hall–Kier alpha value is -2.42. The van der Waals surface area contributed by atoms with Crippen LogP contribution in [0.2, 0.25) is 0 Å². The van der Waals surface area contributed by atoms with Gasteiger partial charge in [-0.05, 0) is 32.3 Å². The smallest absolute Gasteiger partial charge is 0.409 e. The molecule has 1 aliphatic rings. The fourth-order valence-corrected chi connectivity index (χ4v) is 4.14. The molecule has 2 amide bonds. The van der Waals surface area contributed by atoms with Crippen molar-refractivity contribution in [2.45, 2.75) is 32.7 Å². The number of rotatable bonds is 3. The van der Waals surface area contributed by atoms with Gasteiger partial charge in [-0.15, -0.1) is 11.3 Å². The molecule has 26 heavy (non-hydrogen) atoms. The molecule has 3 rings (SSSR count). The summed E-state index contributed by atoms with van der Waals surface area (Å²) in [6.07, 6.45) is 2.51. The van der Waals surface area contributed by atoms with E-state index < -0.39 is 0 Å². The summed E-state index contributed by atoms with van der Waals surface area (Å²) in [5.74, 6) is -0.192. The van der Waals surface area contributed by atoms with Crippen molar-refractivity contribution in [3.05, 3.63) is 27.1 Å². The second kappa shape index (κ2) is 7.45. The van der Waals surface area contributed by atoms with Gasteiger partial charge in [0.05, 0.1) is 23.2 Å². The maximum Gasteiger partial charge on any atom is 0.409 e. The Morgan fingerprint density at radius 3 is 2.73 bits per heavy atom. The molecule has 8 nitrogen and oxygen atoms in total. The van der Waals surface area contributed by atoms with E-state index in [1.807, 2.05) is 0 Å². The van der Waals surface area contributed by atoms with Crippen LogP contribution in [0.25, 0.3) is 10.2 Å². The number of carbonyl (C=O) groups is 2. The van der Waals surface area contributed by atoms with E-state index in [4.69, 9.17) is 4.74 Å². The molecule has 0 atom stereocenters. The topological polar surface area (TPSA) is 93.5 Å². The van der Waals surface area contributed by atoms with Gasteiger partial charge in [0.15, 0.2) is 0 Å². The van der Waals surface area contributed by atoms with Crippen LogP contribution in [-0.4, -0.2) is 52.2 Å². The summed E-state index contributed by atoms with van der Waals surface area (Å²) in [4.78, 5) is 43.7. The van der Waals surface area contributed by atoms with E-state index in [2.05, 4.69) is 10.3 Å². The number of carbonyl (C=O) groups excluding carboxylic acids is 2. The SMILES string of the molecule is CCOC(=O)N1CCC(NC(=O)c2sc3ncn(C)c(=O)c3c2C)CC1. The largest absolute Gasteiger partial charge is 0.450 e. The molecule has 0 aliphatic carbocycles. The van der Waals surface area contributed by atoms with E-state index >= 15 is 0 Å². The number of hydrogen-bond donors (Lipinski definition) is 1. The number of piperidine rings is 1. The van der Waals surface area contributed by atoms with E-state index in [9.17, 15) is 14.4 Å². The van der Waals surface area contributed by atoms with Crippen LogP contribution in [0.15, 0.2) is 11.1 Å². The van der Waals surface area contributed by atoms with Gasteiger partial charge in [-0.3, -0.25) is 9.59 Å². The third-order valence-corrected chi connectivity index (χ3v) is 5.77. The van der Waals surface area contributed by atoms with Gasteiger partial charge in [-0.25, -0.2) is 9.78 Å². The van der Waals surface area contributed by atoms with Gasteiger partial charge < -0.3 is 19.5 Å². The molecular formula is C17H22N4O4S. The van der Waals surface area contributed by atoms with Crippen LogP contribution >= 0.6 is 11.3 Å². The third-order valence-electron chi connectivity index (χ3n) is 4.57. The molecule has 140 valence electrons. The number of aryl methyl sites for hydroxylation is 2. The summed E-state index contributed by atoms with van der Waals surface area (Å²) in [5.41, 5.74) is 0.519. The van der Waals surface area contributed by atoms with Crippen molar-refractivity contribution >= 4 is 33.6 Å². The van der Waals surface area contributed by atoms with Crippen molar-refractivity contribution in [1.82, 2.24) is 19.8 Å². The number of likely N-dealkylation sites (tertiary alicyclic amines) is 1. The van der Waals surface area contributed by atoms with Crippen LogP contribution in [0, 0.1) is 6.92 Å². The summed E-state index contributed by atoms with van der Waals surface area (Å²) < 4.78 is 6.41. The Bertz CT molecular complexity index is 896. The molecule has 1 saturated heterocycles. The zero-order valence-corrected chi connectivity index (χ0v) is 15.9. The highest BCUT2D eigenvalue weighted by molar-refractivity contribution is 7.20. The highest BCUT2D eigenvalue weighted by Gasteiger charge is 2.26. The lowest BCUT2D eigenvalue weighted by Gasteiger charge is -2.31. The molecule has 0 unspecified atom stereocenters. The van der Waals surface area contributed by atoms with E-state index in [-0.39, 0.29) is 23.6 Å². The van der Waals surface area contributed by atoms with E-state index in [0.717, 1.165) is 0 Å². The molecule has 0 radical (unpaired) electrons. The number of amides is 2. The Kier molecular flexibility index (Phi) is 5.26. The van der Waals surface area contributed by atoms with Crippen LogP contribution in [-0.2, 0) is 11.8 Å². The molecule has 0 bridgehead atoms. The molecular weight excluding hydrogens is 356 g/mol. The molecule has 1 aliphatic heterocycles. The minimum Gasteiger partial charge on any atom is -0.450 e. The number of thiophene rings is 1. The van der Waals surface area contributed by atoms with Gasteiger partial charge in [0.25, 0.3) is 11.5 Å². The molecule has 0 saturated carbocycles. The number of aromatic nitrogens is 2. The fourth-order valence-electron chi connectivity index (χ4n) is 3.10. The maximum atomic E-state index is 12.7. The van der Waals surface area contributed by atoms with Crippen LogP contribution < -0.4 is 10.9 Å². The lowest BCUT2D eigenvalue weighted by Crippen LogP contribution is -2.46. The normalized spacial score (nSPS) is 15.3. The minimum atomic E-state index is -0.306. The first-order valence-corrected chi connectivity index (χ1v) is 9.41. The first kappa shape index (κ1) is 18.4. The van der Waals surface area contributed by atoms with E-state index in [1.165, 1.54) is 22.2 Å². The van der Waals surface area contributed by atoms with Crippen LogP contribution in [0.3, 0.4) is 0 Å². The maximum absolute atomic E-state index is 12.7. The quantitative estimate of drug-likeness (QED) is 0.877. The van der Waals surface area contributed by atoms with Gasteiger partial charge in [0, 0.05) is 26.2 Å². The summed E-state index contributed by atoms with van der Waals surface area (Å²) in [7, 11) is 1.64. The number of hydrogen-bond acceptors (Lipinski definition) is 6. The van der Waals surface area contributed by atoms with Crippen molar-refractivity contribution in [2.75, 3.05) is 19.7 Å². The van der Waals surface area contributed by atoms with Crippen LogP contribution in [0.1, 0.15) is 35.0 Å². The Labute approximate surface area is 154 Å². The van der Waals surface area contributed by atoms with Crippen molar-refractivity contribution in [3.63, 3.8) is 0 Å². The Morgan fingerprint density at radius 2 is 2.08 bits per heavy atom. The van der Waals surface area contributed by atoms with Gasteiger partial charge in [0.2, 0.25) is 0 Å². The highest BCUT2D eigenvalue weighted by atomic mass is 32.1. The van der Waals surface area contributed by atoms with Crippen molar-refractivity contribution in [1.29, 1.82) is 0 Å². The van der Waals surface area contributed by atoms with E-state index in [1.54, 1.807) is 25.8 Å². The first-order chi connectivity index (χ1) is 12.4. The van der Waals surface area contributed by atoms with Crippen molar-refractivity contribution in [3.8, 4) is 0 Å². The number of nitrogens with one attached hydrogen (secondary N) is 1. The van der Waals surface area contributed by atoms with Crippen molar-refractivity contribution in [2.24, 2.45) is 7.05 Å². The zero-order valence-electron chi connectivity index (χ0n) is 15.1. The van der Waals surface area contributed by atoms with Crippen LogP contribution in [0.4, 0.5) is 4.79 Å². The Balaban J connectivity index is 1.69. The summed E-state index contributed by atoms with van der Waals surface area (Å²) >= 11 is 1.23. The molecule has 2 aromatic heterocycles. The minimum absolute atomic E-state index is 0.00594. The summed E-state index contributed by atoms with van der Waals surface area (Å²) in [6.45, 7) is 5.02. The van der Waals surface area contributed by atoms with Gasteiger partial charge in [-0.2, -0.15) is 0 Å². The average molecular weight is 378 g/mol. The molecule has 1 fully saturated rings. The predicted octanol–water partition coefficient (Wildman–Crippen LogP) is 1.65. The van der Waals surface area contributed by atoms with Crippen LogP contribution in [0.5, 0.6) is 0 Å². The predicted molar refractivity (Wildman–Crippen MR) is 98.7 cm³/mol. The Morgan fingerprint density at radius 1 is 1.38 bits per heavy atom. The number of ether oxygens (including phenoxy) is 1. The molecule has 1 N–H and O–H groups in total. The number of nitrogens with zero attached hydrogens (tertiary/aromatic N) is 3. The standard InChI is InChI=1S/C17H22N4O4S/c1-4-25-17(24)21-7-5-11(6-8-21)19-14(22)13-10(2)12-15(26-13)18-9-20(3)16(12)23/h9,11H,4-8H2,1-3H3,(H,19,22). The lowest BCUT2D eigenvalue weighted by atomic mass is 10.1. The summed E-state index contributed by atoms with van der Waals surface area (Å²) in [6, 6.07) is -0.00594. The molecule has 2 aromatic rings. The highest BCUT2D eigenvalue weighted by Crippen LogP contribution is 2.27. The zero-order chi connectivity index (χ0) is 18.8. The first-order valence-electron chi connectivity index (χ1n) is 8.59. The molecule has 0 spiro atoms. The fraction of sp³-hybridized carbons (Fsp3) is 0.529. The molecule has 0 aromatic carbocycles. The van der Waals surface area contributed by atoms with Crippen molar-refractivity contribution < 1.29 is 14.3 Å². The third kappa shape index (κ3) is 3.44. The summed E-state index contributed by atoms with van der Waals surface area (Å²) in [5, 5.41) is 3.52. The van der Waals surface area contributed by atoms with Gasteiger partial charge in [-0.1, -0.05) is 0 Å². The lowest BCUT2D eigenvalue weighted by molar-refractivity contribution is 0.0862. The molecule has 9 heteroatoms. The average Bonchev–Trinajstić information content (AvgIpc) is 2.96. The van der Waals surface area contributed by atoms with E-state index in [0.29, 0.717) is 53.2 Å². The second-order valence-corrected chi connectivity index (χ2v) is 7.33. The second-order valence-electron chi connectivity index (χ2n) is 6.33. The monoisotopic (exact) mass is 378 g/mol. The molecule has 3 heterocycles. The number of fused-ring (bicyclic) bond motifs is 1. The van der Waals surface area contributed by atoms with Gasteiger partial charge in [0.1, 0.15) is 4.83 Å². The van der Waals surface area contributed by atoms with Gasteiger partial charge >= 0.3 is 6.09 Å².